The lowest BCUT2D eigenvalue weighted by Gasteiger charge is -2.37. The van der Waals surface area contributed by atoms with E-state index < -0.39 is 21.7 Å². The molecule has 1 N–H and O–H groups in total. The average Bonchev–Trinajstić information content (AvgIpc) is 2.94. The first kappa shape index (κ1) is 14.6. The van der Waals surface area contributed by atoms with Gasteiger partial charge in [-0.3, -0.25) is 4.79 Å². The number of hydrogen-bond acceptors (Lipinski definition) is 4. The number of carboxylic acid groups (broad SMARTS) is 1. The van der Waals surface area contributed by atoms with Crippen LogP contribution in [-0.2, 0) is 14.6 Å². The molecule has 2 bridgehead atoms. The van der Waals surface area contributed by atoms with Gasteiger partial charge in [-0.1, -0.05) is 0 Å². The molecule has 0 aromatic rings. The second-order valence-corrected chi connectivity index (χ2v) is 8.55. The average molecular weight is 316 g/mol. The molecule has 4 unspecified atom stereocenters. The Labute approximate surface area is 123 Å². The zero-order valence-electron chi connectivity index (χ0n) is 11.9. The number of fused-ring (bicyclic) bond motifs is 2. The minimum absolute atomic E-state index is 0.00525. The Kier molecular flexibility index (Phi) is 3.38. The minimum Gasteiger partial charge on any atom is -0.481 e. The van der Waals surface area contributed by atoms with Gasteiger partial charge in [-0.25, -0.2) is 13.2 Å². The number of urea groups is 1. The smallest absolute Gasteiger partial charge is 0.320 e. The van der Waals surface area contributed by atoms with Gasteiger partial charge in [0, 0.05) is 24.7 Å². The van der Waals surface area contributed by atoms with Crippen LogP contribution >= 0.6 is 0 Å². The molecule has 0 aromatic heterocycles. The van der Waals surface area contributed by atoms with Crippen molar-refractivity contribution < 1.29 is 23.1 Å². The summed E-state index contributed by atoms with van der Waals surface area (Å²) in [6.07, 6.45) is 2.10. The predicted octanol–water partition coefficient (Wildman–Crippen LogP) is 0.163. The molecule has 0 radical (unpaired) electrons. The summed E-state index contributed by atoms with van der Waals surface area (Å²) >= 11 is 0. The Morgan fingerprint density at radius 3 is 2.52 bits per heavy atom. The molecule has 7 nitrogen and oxygen atoms in total. The number of carboxylic acids is 1. The maximum Gasteiger partial charge on any atom is 0.320 e. The summed E-state index contributed by atoms with van der Waals surface area (Å²) < 4.78 is 23.2. The standard InChI is InChI=1S/C13H20N2O5S/c1-8-7-21(19,20)5-4-14(8)13(18)15-9-2-3-11(15)10(6-9)12(16)17/h8-11H,2-7H2,1H3,(H,16,17). The van der Waals surface area contributed by atoms with Gasteiger partial charge < -0.3 is 14.9 Å². The lowest BCUT2D eigenvalue weighted by atomic mass is 9.89. The molecule has 21 heavy (non-hydrogen) atoms. The van der Waals surface area contributed by atoms with E-state index in [4.69, 9.17) is 0 Å². The van der Waals surface area contributed by atoms with Gasteiger partial charge >= 0.3 is 12.0 Å². The number of aliphatic carboxylic acids is 1. The molecule has 0 aromatic carbocycles. The van der Waals surface area contributed by atoms with Crippen molar-refractivity contribution in [1.29, 1.82) is 0 Å². The Morgan fingerprint density at radius 2 is 1.95 bits per heavy atom. The maximum absolute atomic E-state index is 12.7. The van der Waals surface area contributed by atoms with E-state index in [0.29, 0.717) is 6.42 Å². The van der Waals surface area contributed by atoms with Crippen LogP contribution in [0, 0.1) is 5.92 Å². The Hall–Kier alpha value is -1.31. The highest BCUT2D eigenvalue weighted by molar-refractivity contribution is 7.91. The van der Waals surface area contributed by atoms with Crippen molar-refractivity contribution in [2.75, 3.05) is 18.1 Å². The fourth-order valence-corrected chi connectivity index (χ4v) is 5.54. The summed E-state index contributed by atoms with van der Waals surface area (Å²) in [5, 5.41) is 9.23. The van der Waals surface area contributed by atoms with E-state index in [-0.39, 0.29) is 42.2 Å². The van der Waals surface area contributed by atoms with E-state index in [1.54, 1.807) is 16.7 Å². The largest absolute Gasteiger partial charge is 0.481 e. The van der Waals surface area contributed by atoms with Crippen LogP contribution in [0.1, 0.15) is 26.2 Å². The summed E-state index contributed by atoms with van der Waals surface area (Å²) in [5.41, 5.74) is 0. The van der Waals surface area contributed by atoms with Gasteiger partial charge in [0.15, 0.2) is 9.84 Å². The van der Waals surface area contributed by atoms with Crippen molar-refractivity contribution in [3.8, 4) is 0 Å². The fraction of sp³-hybridized carbons (Fsp3) is 0.846. The monoisotopic (exact) mass is 316 g/mol. The quantitative estimate of drug-likeness (QED) is 0.744. The molecule has 0 aliphatic carbocycles. The lowest BCUT2D eigenvalue weighted by molar-refractivity contribution is -0.142. The lowest BCUT2D eigenvalue weighted by Crippen LogP contribution is -2.55. The summed E-state index contributed by atoms with van der Waals surface area (Å²) in [7, 11) is -3.06. The topological polar surface area (TPSA) is 95.0 Å². The third-order valence-electron chi connectivity index (χ3n) is 4.99. The zero-order valence-corrected chi connectivity index (χ0v) is 12.8. The maximum atomic E-state index is 12.7. The number of sulfone groups is 1. The molecule has 8 heteroatoms. The summed E-state index contributed by atoms with van der Waals surface area (Å²) in [6, 6.07) is -0.770. The normalized spacial score (nSPS) is 37.8. The Balaban J connectivity index is 1.76. The van der Waals surface area contributed by atoms with Gasteiger partial charge in [-0.05, 0) is 26.2 Å². The molecule has 3 aliphatic heterocycles. The first-order valence-electron chi connectivity index (χ1n) is 7.32. The van der Waals surface area contributed by atoms with Crippen molar-refractivity contribution in [1.82, 2.24) is 9.80 Å². The first-order valence-corrected chi connectivity index (χ1v) is 9.14. The molecular formula is C13H20N2O5S. The molecule has 3 fully saturated rings. The number of carbonyl (C=O) groups is 2. The number of rotatable bonds is 1. The van der Waals surface area contributed by atoms with Crippen LogP contribution in [0.15, 0.2) is 0 Å². The van der Waals surface area contributed by atoms with Crippen LogP contribution in [0.3, 0.4) is 0 Å². The van der Waals surface area contributed by atoms with E-state index in [1.165, 1.54) is 0 Å². The van der Waals surface area contributed by atoms with E-state index in [0.717, 1.165) is 12.8 Å². The van der Waals surface area contributed by atoms with Gasteiger partial charge in [0.25, 0.3) is 0 Å². The van der Waals surface area contributed by atoms with Crippen LogP contribution in [0.5, 0.6) is 0 Å². The molecule has 3 saturated heterocycles. The van der Waals surface area contributed by atoms with E-state index in [2.05, 4.69) is 0 Å². The van der Waals surface area contributed by atoms with Gasteiger partial charge in [0.05, 0.1) is 17.4 Å². The van der Waals surface area contributed by atoms with E-state index in [9.17, 15) is 23.1 Å². The third kappa shape index (κ3) is 2.39. The van der Waals surface area contributed by atoms with Gasteiger partial charge in [-0.15, -0.1) is 0 Å². The molecule has 2 amide bonds. The molecule has 4 atom stereocenters. The Morgan fingerprint density at radius 1 is 1.24 bits per heavy atom. The highest BCUT2D eigenvalue weighted by Crippen LogP contribution is 2.42. The first-order chi connectivity index (χ1) is 9.80. The van der Waals surface area contributed by atoms with Crippen molar-refractivity contribution in [3.05, 3.63) is 0 Å². The molecule has 0 saturated carbocycles. The molecular weight excluding hydrogens is 296 g/mol. The Bertz CT molecular complexity index is 575. The van der Waals surface area contributed by atoms with Crippen LogP contribution in [-0.4, -0.2) is 71.5 Å². The summed E-state index contributed by atoms with van der Waals surface area (Å²) in [5.74, 6) is -1.33. The second kappa shape index (κ2) is 4.86. The van der Waals surface area contributed by atoms with Gasteiger partial charge in [-0.2, -0.15) is 0 Å². The molecule has 118 valence electrons. The number of nitrogens with zero attached hydrogens (tertiary/aromatic N) is 2. The SMILES string of the molecule is CC1CS(=O)(=O)CCN1C(=O)N1C2CCC1C(C(=O)O)C2. The molecule has 0 spiro atoms. The van der Waals surface area contributed by atoms with Crippen LogP contribution in [0.2, 0.25) is 0 Å². The number of amides is 2. The third-order valence-corrected chi connectivity index (χ3v) is 6.79. The summed E-state index contributed by atoms with van der Waals surface area (Å²) in [6.45, 7) is 1.94. The highest BCUT2D eigenvalue weighted by Gasteiger charge is 2.52. The molecule has 3 aliphatic rings. The van der Waals surface area contributed by atoms with Crippen molar-refractivity contribution in [3.63, 3.8) is 0 Å². The van der Waals surface area contributed by atoms with Gasteiger partial charge in [0.1, 0.15) is 0 Å². The van der Waals surface area contributed by atoms with Gasteiger partial charge in [0.2, 0.25) is 0 Å². The van der Waals surface area contributed by atoms with Crippen molar-refractivity contribution in [2.45, 2.75) is 44.3 Å². The van der Waals surface area contributed by atoms with Crippen LogP contribution in [0.4, 0.5) is 4.79 Å². The zero-order chi connectivity index (χ0) is 15.4. The second-order valence-electron chi connectivity index (χ2n) is 6.33. The summed E-state index contributed by atoms with van der Waals surface area (Å²) in [4.78, 5) is 27.3. The predicted molar refractivity (Wildman–Crippen MR) is 74.6 cm³/mol. The molecule has 3 heterocycles. The van der Waals surface area contributed by atoms with E-state index >= 15 is 0 Å². The number of carbonyl (C=O) groups excluding carboxylic acids is 1. The van der Waals surface area contributed by atoms with Crippen molar-refractivity contribution in [2.24, 2.45) is 5.92 Å². The fourth-order valence-electron chi connectivity index (χ4n) is 3.98. The van der Waals surface area contributed by atoms with Crippen LogP contribution in [0.25, 0.3) is 0 Å². The van der Waals surface area contributed by atoms with Crippen molar-refractivity contribution >= 4 is 21.8 Å². The minimum atomic E-state index is -3.06. The van der Waals surface area contributed by atoms with Crippen LogP contribution < -0.4 is 0 Å². The van der Waals surface area contributed by atoms with E-state index in [1.807, 2.05) is 0 Å². The number of hydrogen-bond donors (Lipinski definition) is 1. The molecule has 3 rings (SSSR count). The highest BCUT2D eigenvalue weighted by atomic mass is 32.2.